The predicted molar refractivity (Wildman–Crippen MR) is 41.8 cm³/mol. The van der Waals surface area contributed by atoms with Crippen molar-refractivity contribution < 1.29 is 18.3 Å². The second-order valence-corrected chi connectivity index (χ2v) is 5.31. The lowest BCUT2D eigenvalue weighted by Gasteiger charge is -2.00. The van der Waals surface area contributed by atoms with Gasteiger partial charge >= 0.3 is 0 Å². The van der Waals surface area contributed by atoms with Gasteiger partial charge in [-0.1, -0.05) is 0 Å². The van der Waals surface area contributed by atoms with Gasteiger partial charge in [0.05, 0.1) is 5.97 Å². The lowest BCUT2D eigenvalue weighted by Crippen LogP contribution is -2.23. The highest BCUT2D eigenvalue weighted by Gasteiger charge is 2.14. The summed E-state index contributed by atoms with van der Waals surface area (Å²) in [7, 11) is -3.44. The Kier molecular flexibility index (Phi) is 2.20. The molecule has 0 aliphatic heterocycles. The average molecular weight is 205 g/mol. The quantitative estimate of drug-likeness (QED) is 0.653. The van der Waals surface area contributed by atoms with Crippen molar-refractivity contribution in [3.63, 3.8) is 0 Å². The zero-order valence-electron chi connectivity index (χ0n) is 6.10. The molecule has 0 unspecified atom stereocenters. The van der Waals surface area contributed by atoms with E-state index in [0.717, 1.165) is 17.6 Å². The van der Waals surface area contributed by atoms with Crippen molar-refractivity contribution in [1.82, 2.24) is 0 Å². The van der Waals surface area contributed by atoms with Crippen LogP contribution in [0.1, 0.15) is 10.4 Å². The maximum atomic E-state index is 10.9. The number of sulfone groups is 1. The van der Waals surface area contributed by atoms with Gasteiger partial charge in [0.1, 0.15) is 4.21 Å². The molecule has 1 aromatic rings. The molecule has 0 fully saturated rings. The fraction of sp³-hybridized carbons (Fsp3) is 0.167. The summed E-state index contributed by atoms with van der Waals surface area (Å²) in [6.07, 6.45) is 0.964. The summed E-state index contributed by atoms with van der Waals surface area (Å²) in [6.45, 7) is 0. The Morgan fingerprint density at radius 3 is 2.50 bits per heavy atom. The molecule has 4 nitrogen and oxygen atoms in total. The normalized spacial score (nSPS) is 11.4. The summed E-state index contributed by atoms with van der Waals surface area (Å²) in [5.41, 5.74) is -0.262. The van der Waals surface area contributed by atoms with E-state index in [0.29, 0.717) is 0 Å². The zero-order valence-corrected chi connectivity index (χ0v) is 7.74. The fourth-order valence-corrected chi connectivity index (χ4v) is 2.76. The maximum Gasteiger partial charge on any atom is 0.185 e. The molecular weight excluding hydrogens is 200 g/mol. The van der Waals surface area contributed by atoms with Crippen molar-refractivity contribution in [2.24, 2.45) is 0 Å². The van der Waals surface area contributed by atoms with Crippen LogP contribution in [0, 0.1) is 0 Å². The van der Waals surface area contributed by atoms with Gasteiger partial charge in [-0.3, -0.25) is 0 Å². The lowest BCUT2D eigenvalue weighted by atomic mass is 10.4. The van der Waals surface area contributed by atoms with Crippen molar-refractivity contribution in [3.05, 3.63) is 17.0 Å². The van der Waals surface area contributed by atoms with Crippen molar-refractivity contribution in [1.29, 1.82) is 0 Å². The first kappa shape index (κ1) is 9.21. The molecular formula is C6H5O4S2-. The fourth-order valence-electron chi connectivity index (χ4n) is 0.734. The predicted octanol–water partition coefficient (Wildman–Crippen LogP) is -0.485. The first-order valence-electron chi connectivity index (χ1n) is 2.92. The SMILES string of the molecule is CS(=O)(=O)c1sccc1C(=O)[O-]. The van der Waals surface area contributed by atoms with E-state index in [4.69, 9.17) is 0 Å². The summed E-state index contributed by atoms with van der Waals surface area (Å²) in [5.74, 6) is -1.46. The van der Waals surface area contributed by atoms with Crippen molar-refractivity contribution in [3.8, 4) is 0 Å². The smallest absolute Gasteiger partial charge is 0.185 e. The molecule has 0 amide bonds. The third kappa shape index (κ3) is 1.64. The monoisotopic (exact) mass is 205 g/mol. The number of carbonyl (C=O) groups excluding carboxylic acids is 1. The van der Waals surface area contributed by atoms with Gasteiger partial charge in [-0.15, -0.1) is 11.3 Å². The largest absolute Gasteiger partial charge is 0.545 e. The molecule has 0 bridgehead atoms. The second-order valence-electron chi connectivity index (χ2n) is 2.18. The van der Waals surface area contributed by atoms with E-state index < -0.39 is 15.8 Å². The number of carboxylic acid groups (broad SMARTS) is 1. The number of hydrogen-bond donors (Lipinski definition) is 0. The highest BCUT2D eigenvalue weighted by Crippen LogP contribution is 2.21. The number of carboxylic acids is 1. The molecule has 0 saturated heterocycles. The zero-order chi connectivity index (χ0) is 9.35. The Hall–Kier alpha value is -0.880. The van der Waals surface area contributed by atoms with Crippen LogP contribution in [0.5, 0.6) is 0 Å². The number of carbonyl (C=O) groups is 1. The molecule has 0 atom stereocenters. The number of aromatic carboxylic acids is 1. The summed E-state index contributed by atoms with van der Waals surface area (Å²) in [6, 6.07) is 1.22. The van der Waals surface area contributed by atoms with Crippen molar-refractivity contribution in [2.45, 2.75) is 4.21 Å². The molecule has 6 heteroatoms. The van der Waals surface area contributed by atoms with E-state index >= 15 is 0 Å². The highest BCUT2D eigenvalue weighted by atomic mass is 32.2. The molecule has 66 valence electrons. The van der Waals surface area contributed by atoms with E-state index in [-0.39, 0.29) is 9.77 Å². The van der Waals surface area contributed by atoms with Gasteiger partial charge < -0.3 is 9.90 Å². The van der Waals surface area contributed by atoms with E-state index in [9.17, 15) is 18.3 Å². The molecule has 12 heavy (non-hydrogen) atoms. The van der Waals surface area contributed by atoms with E-state index in [1.165, 1.54) is 11.4 Å². The third-order valence-corrected chi connectivity index (χ3v) is 3.98. The van der Waals surface area contributed by atoms with Crippen LogP contribution in [0.3, 0.4) is 0 Å². The maximum absolute atomic E-state index is 10.9. The van der Waals surface area contributed by atoms with Crippen LogP contribution in [0.15, 0.2) is 15.7 Å². The van der Waals surface area contributed by atoms with Crippen LogP contribution < -0.4 is 5.11 Å². The minimum absolute atomic E-state index is 0.150. The van der Waals surface area contributed by atoms with E-state index in [1.54, 1.807) is 0 Å². The standard InChI is InChI=1S/C6H6O4S2/c1-12(9,10)6-4(5(7)8)2-3-11-6/h2-3H,1H3,(H,7,8)/p-1. The van der Waals surface area contributed by atoms with Crippen molar-refractivity contribution in [2.75, 3.05) is 6.26 Å². The molecule has 0 aromatic carbocycles. The Morgan fingerprint density at radius 1 is 1.58 bits per heavy atom. The minimum Gasteiger partial charge on any atom is -0.545 e. The molecule has 0 saturated carbocycles. The Morgan fingerprint density at radius 2 is 2.17 bits per heavy atom. The van der Waals surface area contributed by atoms with Crippen molar-refractivity contribution >= 4 is 27.1 Å². The second kappa shape index (κ2) is 2.87. The first-order valence-corrected chi connectivity index (χ1v) is 5.69. The molecule has 0 spiro atoms. The van der Waals surface area contributed by atoms with Crippen LogP contribution in [0.2, 0.25) is 0 Å². The van der Waals surface area contributed by atoms with Gasteiger partial charge in [-0.2, -0.15) is 0 Å². The average Bonchev–Trinajstić information content (AvgIpc) is 2.30. The molecule has 0 aliphatic rings. The van der Waals surface area contributed by atoms with Crippen LogP contribution in [-0.2, 0) is 9.84 Å². The summed E-state index contributed by atoms with van der Waals surface area (Å²) in [4.78, 5) is 10.4. The Balaban J connectivity index is 3.36. The lowest BCUT2D eigenvalue weighted by molar-refractivity contribution is -0.255. The Bertz CT molecular complexity index is 401. The van der Waals surface area contributed by atoms with Crippen LogP contribution in [0.4, 0.5) is 0 Å². The van der Waals surface area contributed by atoms with Gasteiger partial charge in [-0.05, 0) is 11.4 Å². The summed E-state index contributed by atoms with van der Waals surface area (Å²) < 4.78 is 21.7. The topological polar surface area (TPSA) is 74.3 Å². The molecule has 0 aliphatic carbocycles. The van der Waals surface area contributed by atoms with Gasteiger partial charge in [0.2, 0.25) is 0 Å². The van der Waals surface area contributed by atoms with E-state index in [1.807, 2.05) is 0 Å². The van der Waals surface area contributed by atoms with Crippen LogP contribution in [-0.4, -0.2) is 20.6 Å². The highest BCUT2D eigenvalue weighted by molar-refractivity contribution is 7.92. The van der Waals surface area contributed by atoms with Gasteiger partial charge in [0.25, 0.3) is 0 Å². The minimum atomic E-state index is -3.44. The number of rotatable bonds is 2. The Labute approximate surface area is 73.4 Å². The van der Waals surface area contributed by atoms with Crippen LogP contribution >= 0.6 is 11.3 Å². The van der Waals surface area contributed by atoms with Gasteiger partial charge in [0.15, 0.2) is 9.84 Å². The van der Waals surface area contributed by atoms with Crippen LogP contribution in [0.25, 0.3) is 0 Å². The molecule has 1 rings (SSSR count). The van der Waals surface area contributed by atoms with Gasteiger partial charge in [-0.25, -0.2) is 8.42 Å². The van der Waals surface area contributed by atoms with E-state index in [2.05, 4.69) is 0 Å². The summed E-state index contributed by atoms with van der Waals surface area (Å²) in [5, 5.41) is 11.8. The molecule has 1 heterocycles. The molecule has 1 aromatic heterocycles. The summed E-state index contributed by atoms with van der Waals surface area (Å²) >= 11 is 0.876. The van der Waals surface area contributed by atoms with Gasteiger partial charge in [0, 0.05) is 11.8 Å². The molecule has 0 radical (unpaired) electrons. The number of hydrogen-bond acceptors (Lipinski definition) is 5. The first-order chi connectivity index (χ1) is 5.43. The third-order valence-electron chi connectivity index (χ3n) is 1.19. The number of thiophene rings is 1. The molecule has 0 N–H and O–H groups in total.